The summed E-state index contributed by atoms with van der Waals surface area (Å²) < 4.78 is 20.8. The second-order valence-corrected chi connectivity index (χ2v) is 6.53. The molecule has 2 aromatic carbocycles. The van der Waals surface area contributed by atoms with Gasteiger partial charge in [-0.3, -0.25) is 4.79 Å². The maximum absolute atomic E-state index is 13.2. The van der Waals surface area contributed by atoms with Crippen molar-refractivity contribution in [1.29, 1.82) is 0 Å². The van der Waals surface area contributed by atoms with Crippen molar-refractivity contribution >= 4 is 11.7 Å². The normalized spacial score (nSPS) is 15.9. The van der Waals surface area contributed by atoms with Crippen LogP contribution in [0.5, 0.6) is 5.75 Å². The topological polar surface area (TPSA) is 56.1 Å². The van der Waals surface area contributed by atoms with E-state index in [-0.39, 0.29) is 17.6 Å². The average Bonchev–Trinajstić information content (AvgIpc) is 3.10. The predicted octanol–water partition coefficient (Wildman–Crippen LogP) is 4.27. The van der Waals surface area contributed by atoms with Crippen molar-refractivity contribution in [1.82, 2.24) is 9.78 Å². The first-order valence-corrected chi connectivity index (χ1v) is 9.02. The highest BCUT2D eigenvalue weighted by Crippen LogP contribution is 2.41. The Morgan fingerprint density at radius 2 is 1.96 bits per heavy atom. The molecule has 1 N–H and O–H groups in total. The first-order valence-electron chi connectivity index (χ1n) is 9.02. The van der Waals surface area contributed by atoms with Crippen molar-refractivity contribution in [2.24, 2.45) is 0 Å². The van der Waals surface area contributed by atoms with Gasteiger partial charge in [-0.05, 0) is 36.8 Å². The van der Waals surface area contributed by atoms with Gasteiger partial charge in [-0.2, -0.15) is 5.10 Å². The van der Waals surface area contributed by atoms with Crippen molar-refractivity contribution in [3.8, 4) is 11.4 Å². The van der Waals surface area contributed by atoms with E-state index >= 15 is 0 Å². The summed E-state index contributed by atoms with van der Waals surface area (Å²) in [5, 5.41) is 7.35. The van der Waals surface area contributed by atoms with E-state index < -0.39 is 0 Å². The minimum absolute atomic E-state index is 0.0818. The van der Waals surface area contributed by atoms with Crippen molar-refractivity contribution in [3.63, 3.8) is 0 Å². The molecular formula is C21H20FN3O2. The van der Waals surface area contributed by atoms with Crippen LogP contribution in [0.1, 0.15) is 36.8 Å². The Balaban J connectivity index is 1.77. The third kappa shape index (κ3) is 3.30. The third-order valence-electron chi connectivity index (χ3n) is 4.65. The molecule has 0 bridgehead atoms. The van der Waals surface area contributed by atoms with Gasteiger partial charge in [0.1, 0.15) is 17.4 Å². The van der Waals surface area contributed by atoms with E-state index in [4.69, 9.17) is 4.74 Å². The summed E-state index contributed by atoms with van der Waals surface area (Å²) in [5.41, 5.74) is 2.58. The van der Waals surface area contributed by atoms with Crippen LogP contribution in [0.15, 0.2) is 54.7 Å². The Hall–Kier alpha value is -3.15. The zero-order valence-corrected chi connectivity index (χ0v) is 15.0. The maximum Gasteiger partial charge on any atom is 0.226 e. The van der Waals surface area contributed by atoms with Crippen LogP contribution in [-0.2, 0) is 4.79 Å². The quantitative estimate of drug-likeness (QED) is 0.734. The molecule has 138 valence electrons. The summed E-state index contributed by atoms with van der Waals surface area (Å²) in [7, 11) is 0. The van der Waals surface area contributed by atoms with Gasteiger partial charge in [-0.25, -0.2) is 9.07 Å². The van der Waals surface area contributed by atoms with Crippen LogP contribution in [0.3, 0.4) is 0 Å². The van der Waals surface area contributed by atoms with Crippen LogP contribution >= 0.6 is 0 Å². The first kappa shape index (κ1) is 17.3. The fourth-order valence-corrected chi connectivity index (χ4v) is 3.39. The number of halogens is 1. The summed E-state index contributed by atoms with van der Waals surface area (Å²) in [6, 6.07) is 13.8. The summed E-state index contributed by atoms with van der Waals surface area (Å²) in [5.74, 6) is 0.869. The van der Waals surface area contributed by atoms with E-state index in [1.165, 1.54) is 12.1 Å². The predicted molar refractivity (Wildman–Crippen MR) is 101 cm³/mol. The molecule has 1 aliphatic rings. The van der Waals surface area contributed by atoms with Crippen LogP contribution in [-0.4, -0.2) is 22.3 Å². The standard InChI is InChI=1S/C21H20FN3O2/c1-2-11-27-19-6-4-3-5-16(19)17-12-20(26)24-21-18(17)13-23-25(21)15-9-7-14(22)8-10-15/h3-10,13,17H,2,11-12H2,1H3,(H,24,26)/t17-/m1/s1. The Morgan fingerprint density at radius 3 is 2.74 bits per heavy atom. The smallest absolute Gasteiger partial charge is 0.226 e. The first-order chi connectivity index (χ1) is 13.2. The number of carbonyl (C=O) groups excluding carboxylic acids is 1. The van der Waals surface area contributed by atoms with Gasteiger partial charge in [0, 0.05) is 23.5 Å². The van der Waals surface area contributed by atoms with Gasteiger partial charge in [0.05, 0.1) is 18.5 Å². The summed E-state index contributed by atoms with van der Waals surface area (Å²) >= 11 is 0. The number of hydrogen-bond donors (Lipinski definition) is 1. The van der Waals surface area contributed by atoms with Gasteiger partial charge in [0.2, 0.25) is 5.91 Å². The van der Waals surface area contributed by atoms with E-state index in [0.29, 0.717) is 24.5 Å². The lowest BCUT2D eigenvalue weighted by molar-refractivity contribution is -0.116. The number of anilines is 1. The Kier molecular flexibility index (Phi) is 4.62. The van der Waals surface area contributed by atoms with E-state index in [9.17, 15) is 9.18 Å². The summed E-state index contributed by atoms with van der Waals surface area (Å²) in [6.07, 6.45) is 3.00. The number of fused-ring (bicyclic) bond motifs is 1. The molecule has 0 saturated carbocycles. The van der Waals surface area contributed by atoms with Gasteiger partial charge >= 0.3 is 0 Å². The number of para-hydroxylation sites is 1. The molecule has 2 heterocycles. The van der Waals surface area contributed by atoms with Crippen LogP contribution < -0.4 is 10.1 Å². The highest BCUT2D eigenvalue weighted by atomic mass is 19.1. The molecule has 1 aliphatic heterocycles. The minimum Gasteiger partial charge on any atom is -0.493 e. The molecule has 5 nitrogen and oxygen atoms in total. The molecule has 0 unspecified atom stereocenters. The Morgan fingerprint density at radius 1 is 1.19 bits per heavy atom. The number of ether oxygens (including phenoxy) is 1. The highest BCUT2D eigenvalue weighted by molar-refractivity contribution is 5.94. The number of hydrogen-bond acceptors (Lipinski definition) is 3. The molecule has 0 saturated heterocycles. The van der Waals surface area contributed by atoms with Gasteiger partial charge < -0.3 is 10.1 Å². The van der Waals surface area contributed by atoms with Gasteiger partial charge in [-0.15, -0.1) is 0 Å². The van der Waals surface area contributed by atoms with Crippen molar-refractivity contribution < 1.29 is 13.9 Å². The van der Waals surface area contributed by atoms with E-state index in [1.54, 1.807) is 23.0 Å². The monoisotopic (exact) mass is 365 g/mol. The molecule has 0 fully saturated rings. The van der Waals surface area contributed by atoms with Crippen LogP contribution in [0.4, 0.5) is 10.2 Å². The molecule has 0 spiro atoms. The van der Waals surface area contributed by atoms with Gasteiger partial charge in [0.25, 0.3) is 0 Å². The molecule has 6 heteroatoms. The lowest BCUT2D eigenvalue weighted by Crippen LogP contribution is -2.25. The molecule has 3 aromatic rings. The highest BCUT2D eigenvalue weighted by Gasteiger charge is 2.32. The zero-order chi connectivity index (χ0) is 18.8. The lowest BCUT2D eigenvalue weighted by atomic mass is 9.87. The number of aromatic nitrogens is 2. The lowest BCUT2D eigenvalue weighted by Gasteiger charge is -2.25. The third-order valence-corrected chi connectivity index (χ3v) is 4.65. The van der Waals surface area contributed by atoms with Gasteiger partial charge in [-0.1, -0.05) is 25.1 Å². The fraction of sp³-hybridized carbons (Fsp3) is 0.238. The van der Waals surface area contributed by atoms with E-state index in [0.717, 1.165) is 23.3 Å². The molecule has 1 amide bonds. The van der Waals surface area contributed by atoms with E-state index in [2.05, 4.69) is 17.3 Å². The second kappa shape index (κ2) is 7.23. The molecule has 1 atom stereocenters. The summed E-state index contributed by atoms with van der Waals surface area (Å²) in [4.78, 5) is 12.4. The average molecular weight is 365 g/mol. The minimum atomic E-state index is -0.316. The second-order valence-electron chi connectivity index (χ2n) is 6.53. The van der Waals surface area contributed by atoms with Crippen molar-refractivity contribution in [2.75, 3.05) is 11.9 Å². The summed E-state index contributed by atoms with van der Waals surface area (Å²) in [6.45, 7) is 2.68. The van der Waals surface area contributed by atoms with Crippen molar-refractivity contribution in [3.05, 3.63) is 71.7 Å². The van der Waals surface area contributed by atoms with Crippen molar-refractivity contribution in [2.45, 2.75) is 25.7 Å². The number of rotatable bonds is 5. The SMILES string of the molecule is CCCOc1ccccc1[C@H]1CC(=O)Nc2c1cnn2-c1ccc(F)cc1. The van der Waals surface area contributed by atoms with Crippen LogP contribution in [0.2, 0.25) is 0 Å². The molecule has 27 heavy (non-hydrogen) atoms. The Labute approximate surface area is 156 Å². The maximum atomic E-state index is 13.2. The molecule has 0 aliphatic carbocycles. The molecule has 4 rings (SSSR count). The molecule has 1 aromatic heterocycles. The van der Waals surface area contributed by atoms with E-state index in [1.807, 2.05) is 24.3 Å². The number of benzene rings is 2. The Bertz CT molecular complexity index is 966. The molecular weight excluding hydrogens is 345 g/mol. The zero-order valence-electron chi connectivity index (χ0n) is 15.0. The molecule has 0 radical (unpaired) electrons. The number of amides is 1. The largest absolute Gasteiger partial charge is 0.493 e. The van der Waals surface area contributed by atoms with Gasteiger partial charge in [0.15, 0.2) is 0 Å². The fourth-order valence-electron chi connectivity index (χ4n) is 3.39. The number of nitrogens with one attached hydrogen (secondary N) is 1. The number of nitrogens with zero attached hydrogens (tertiary/aromatic N) is 2. The van der Waals surface area contributed by atoms with Crippen LogP contribution in [0, 0.1) is 5.82 Å². The number of carbonyl (C=O) groups is 1. The van der Waals surface area contributed by atoms with Crippen LogP contribution in [0.25, 0.3) is 5.69 Å².